The largest absolute Gasteiger partial charge is 0.486 e. The highest BCUT2D eigenvalue weighted by molar-refractivity contribution is 6.31. The third-order valence-corrected chi connectivity index (χ3v) is 3.10. The summed E-state index contributed by atoms with van der Waals surface area (Å²) in [5.41, 5.74) is 6.41. The summed E-state index contributed by atoms with van der Waals surface area (Å²) in [7, 11) is 0. The topological polar surface area (TPSA) is 35.2 Å². The highest BCUT2D eigenvalue weighted by atomic mass is 35.5. The van der Waals surface area contributed by atoms with Gasteiger partial charge in [-0.3, -0.25) is 0 Å². The fourth-order valence-corrected chi connectivity index (χ4v) is 1.34. The van der Waals surface area contributed by atoms with Crippen LogP contribution in [0.1, 0.15) is 25.8 Å². The number of hydrogen-bond acceptors (Lipinski definition) is 2. The highest BCUT2D eigenvalue weighted by Crippen LogP contribution is 2.25. The lowest BCUT2D eigenvalue weighted by molar-refractivity contribution is 0.0935. The molecule has 0 aliphatic rings. The first-order chi connectivity index (χ1) is 7.00. The van der Waals surface area contributed by atoms with E-state index < -0.39 is 0 Å². The molecule has 0 amide bonds. The Morgan fingerprint density at radius 1 is 1.47 bits per heavy atom. The Labute approximate surface area is 96.4 Å². The summed E-state index contributed by atoms with van der Waals surface area (Å²) in [6.07, 6.45) is 0.880. The molecule has 0 aliphatic carbocycles. The molecule has 1 unspecified atom stereocenters. The minimum atomic E-state index is -0.291. The Balaban J connectivity index is 2.85. The molecule has 1 rings (SSSR count). The van der Waals surface area contributed by atoms with Crippen LogP contribution < -0.4 is 10.5 Å². The average molecular weight is 228 g/mol. The van der Waals surface area contributed by atoms with E-state index in [0.29, 0.717) is 6.54 Å². The van der Waals surface area contributed by atoms with Crippen molar-refractivity contribution in [2.24, 2.45) is 5.73 Å². The monoisotopic (exact) mass is 227 g/mol. The Morgan fingerprint density at radius 3 is 2.60 bits per heavy atom. The number of rotatable bonds is 4. The average Bonchev–Trinajstić information content (AvgIpc) is 2.23. The summed E-state index contributed by atoms with van der Waals surface area (Å²) >= 11 is 5.94. The Hall–Kier alpha value is -0.730. The van der Waals surface area contributed by atoms with Crippen LogP contribution in [0, 0.1) is 6.92 Å². The third-order valence-electron chi connectivity index (χ3n) is 2.67. The zero-order chi connectivity index (χ0) is 11.5. The molecule has 1 atom stereocenters. The molecular formula is C12H18ClNO. The highest BCUT2D eigenvalue weighted by Gasteiger charge is 2.21. The van der Waals surface area contributed by atoms with E-state index >= 15 is 0 Å². The van der Waals surface area contributed by atoms with E-state index in [1.165, 1.54) is 0 Å². The van der Waals surface area contributed by atoms with Crippen molar-refractivity contribution in [3.05, 3.63) is 28.8 Å². The Bertz CT molecular complexity index is 334. The molecule has 84 valence electrons. The summed E-state index contributed by atoms with van der Waals surface area (Å²) in [6, 6.07) is 5.66. The van der Waals surface area contributed by atoms with Crippen LogP contribution in [0.3, 0.4) is 0 Å². The molecule has 15 heavy (non-hydrogen) atoms. The fourth-order valence-electron chi connectivity index (χ4n) is 1.22. The zero-order valence-corrected chi connectivity index (χ0v) is 10.3. The number of halogens is 1. The molecule has 0 bridgehead atoms. The van der Waals surface area contributed by atoms with E-state index in [2.05, 4.69) is 6.92 Å². The van der Waals surface area contributed by atoms with Gasteiger partial charge in [-0.25, -0.2) is 0 Å². The van der Waals surface area contributed by atoms with Gasteiger partial charge in [0.15, 0.2) is 0 Å². The van der Waals surface area contributed by atoms with Gasteiger partial charge in [-0.15, -0.1) is 0 Å². The standard InChI is InChI=1S/C12H18ClNO/c1-4-12(3,8-14)15-10-5-6-11(13)9(2)7-10/h5-7H,4,8,14H2,1-3H3. The minimum Gasteiger partial charge on any atom is -0.486 e. The number of nitrogens with two attached hydrogens (primary N) is 1. The van der Waals surface area contributed by atoms with Gasteiger partial charge in [-0.1, -0.05) is 18.5 Å². The maximum atomic E-state index is 5.94. The molecule has 0 spiro atoms. The maximum Gasteiger partial charge on any atom is 0.120 e. The van der Waals surface area contributed by atoms with E-state index in [0.717, 1.165) is 22.8 Å². The Morgan fingerprint density at radius 2 is 2.13 bits per heavy atom. The van der Waals surface area contributed by atoms with Crippen molar-refractivity contribution in [3.63, 3.8) is 0 Å². The lowest BCUT2D eigenvalue weighted by Gasteiger charge is -2.28. The van der Waals surface area contributed by atoms with Crippen molar-refractivity contribution in [3.8, 4) is 5.75 Å². The van der Waals surface area contributed by atoms with Gasteiger partial charge in [0.25, 0.3) is 0 Å². The van der Waals surface area contributed by atoms with E-state index in [9.17, 15) is 0 Å². The molecule has 0 aromatic heterocycles. The summed E-state index contributed by atoms with van der Waals surface area (Å²) in [5, 5.41) is 0.758. The van der Waals surface area contributed by atoms with Gasteiger partial charge in [-0.05, 0) is 44.0 Å². The second-order valence-corrected chi connectivity index (χ2v) is 4.43. The molecule has 3 heteroatoms. The van der Waals surface area contributed by atoms with Gasteiger partial charge in [0.2, 0.25) is 0 Å². The van der Waals surface area contributed by atoms with Gasteiger partial charge in [0.1, 0.15) is 11.4 Å². The molecule has 0 heterocycles. The second-order valence-electron chi connectivity index (χ2n) is 4.02. The molecular weight excluding hydrogens is 210 g/mol. The van der Waals surface area contributed by atoms with Gasteiger partial charge in [0, 0.05) is 11.6 Å². The fraction of sp³-hybridized carbons (Fsp3) is 0.500. The van der Waals surface area contributed by atoms with Crippen molar-refractivity contribution < 1.29 is 4.74 Å². The molecule has 2 nitrogen and oxygen atoms in total. The normalized spacial score (nSPS) is 14.7. The lowest BCUT2D eigenvalue weighted by Crippen LogP contribution is -2.39. The van der Waals surface area contributed by atoms with Gasteiger partial charge >= 0.3 is 0 Å². The molecule has 2 N–H and O–H groups in total. The summed E-state index contributed by atoms with van der Waals surface area (Å²) in [5.74, 6) is 0.826. The van der Waals surface area contributed by atoms with Gasteiger partial charge in [-0.2, -0.15) is 0 Å². The van der Waals surface area contributed by atoms with Crippen molar-refractivity contribution in [1.29, 1.82) is 0 Å². The molecule has 0 saturated carbocycles. The molecule has 0 fully saturated rings. The predicted octanol–water partition coefficient (Wildman–Crippen LogP) is 3.15. The summed E-state index contributed by atoms with van der Waals surface area (Å²) in [6.45, 7) is 6.54. The number of benzene rings is 1. The van der Waals surface area contributed by atoms with E-state index in [1.807, 2.05) is 32.0 Å². The van der Waals surface area contributed by atoms with Crippen molar-refractivity contribution >= 4 is 11.6 Å². The Kier molecular flexibility index (Phi) is 4.00. The minimum absolute atomic E-state index is 0.291. The van der Waals surface area contributed by atoms with E-state index in [-0.39, 0.29) is 5.60 Å². The molecule has 1 aromatic rings. The summed E-state index contributed by atoms with van der Waals surface area (Å²) < 4.78 is 5.85. The van der Waals surface area contributed by atoms with Crippen molar-refractivity contribution in [2.45, 2.75) is 32.8 Å². The van der Waals surface area contributed by atoms with E-state index in [1.54, 1.807) is 0 Å². The van der Waals surface area contributed by atoms with Crippen LogP contribution in [0.15, 0.2) is 18.2 Å². The van der Waals surface area contributed by atoms with Crippen molar-refractivity contribution in [2.75, 3.05) is 6.54 Å². The van der Waals surface area contributed by atoms with Crippen LogP contribution in [-0.2, 0) is 0 Å². The second kappa shape index (κ2) is 4.86. The van der Waals surface area contributed by atoms with Crippen LogP contribution in [0.25, 0.3) is 0 Å². The van der Waals surface area contributed by atoms with Crippen molar-refractivity contribution in [1.82, 2.24) is 0 Å². The first-order valence-electron chi connectivity index (χ1n) is 5.16. The first kappa shape index (κ1) is 12.3. The third kappa shape index (κ3) is 3.11. The SMILES string of the molecule is CCC(C)(CN)Oc1ccc(Cl)c(C)c1. The molecule has 1 aromatic carbocycles. The van der Waals surface area contributed by atoms with Gasteiger partial charge < -0.3 is 10.5 Å². The van der Waals surface area contributed by atoms with Gasteiger partial charge in [0.05, 0.1) is 0 Å². The van der Waals surface area contributed by atoms with E-state index in [4.69, 9.17) is 22.1 Å². The molecule has 0 radical (unpaired) electrons. The van der Waals surface area contributed by atoms with Crippen LogP contribution in [0.4, 0.5) is 0 Å². The quantitative estimate of drug-likeness (QED) is 0.858. The van der Waals surface area contributed by atoms with Crippen LogP contribution in [0.5, 0.6) is 5.75 Å². The number of hydrogen-bond donors (Lipinski definition) is 1. The first-order valence-corrected chi connectivity index (χ1v) is 5.54. The summed E-state index contributed by atoms with van der Waals surface area (Å²) in [4.78, 5) is 0. The van der Waals surface area contributed by atoms with Crippen LogP contribution in [-0.4, -0.2) is 12.1 Å². The lowest BCUT2D eigenvalue weighted by atomic mass is 10.0. The number of ether oxygens (including phenoxy) is 1. The molecule has 0 saturated heterocycles. The zero-order valence-electron chi connectivity index (χ0n) is 9.51. The van der Waals surface area contributed by atoms with Crippen LogP contribution >= 0.6 is 11.6 Å². The predicted molar refractivity (Wildman–Crippen MR) is 64.6 cm³/mol. The van der Waals surface area contributed by atoms with Crippen LogP contribution in [0.2, 0.25) is 5.02 Å². The maximum absolute atomic E-state index is 5.94. The smallest absolute Gasteiger partial charge is 0.120 e. The molecule has 0 aliphatic heterocycles. The number of aryl methyl sites for hydroxylation is 1.